The van der Waals surface area contributed by atoms with E-state index < -0.39 is 0 Å². The molecule has 4 nitrogen and oxygen atoms in total. The molecule has 1 saturated carbocycles. The molecule has 0 N–H and O–H groups in total. The standard InChI is InChI=1S/C17H25N3OS/c21-16-17(5-2-8-20(16)11-14-3-1-4-14)6-9-19(13-17)12-15-18-7-10-22-15/h7,10,14H,1-6,8-9,11-13H2. The van der Waals surface area contributed by atoms with E-state index in [0.29, 0.717) is 5.91 Å². The van der Waals surface area contributed by atoms with Crippen molar-refractivity contribution in [1.29, 1.82) is 0 Å². The summed E-state index contributed by atoms with van der Waals surface area (Å²) >= 11 is 1.72. The first-order chi connectivity index (χ1) is 10.8. The van der Waals surface area contributed by atoms with Crippen molar-refractivity contribution in [3.63, 3.8) is 0 Å². The number of thiazole rings is 1. The van der Waals surface area contributed by atoms with Gasteiger partial charge in [0.05, 0.1) is 12.0 Å². The number of rotatable bonds is 4. The smallest absolute Gasteiger partial charge is 0.230 e. The van der Waals surface area contributed by atoms with Gasteiger partial charge in [-0.05, 0) is 44.6 Å². The molecule has 3 fully saturated rings. The molecule has 0 bridgehead atoms. The van der Waals surface area contributed by atoms with Crippen LogP contribution < -0.4 is 0 Å². The minimum absolute atomic E-state index is 0.0841. The Morgan fingerprint density at radius 3 is 2.91 bits per heavy atom. The number of carbonyl (C=O) groups is 1. The maximum absolute atomic E-state index is 13.1. The summed E-state index contributed by atoms with van der Waals surface area (Å²) in [6, 6.07) is 0. The number of aromatic nitrogens is 1. The van der Waals surface area contributed by atoms with Crippen LogP contribution in [0.3, 0.4) is 0 Å². The topological polar surface area (TPSA) is 36.4 Å². The van der Waals surface area contributed by atoms with E-state index in [1.54, 1.807) is 11.3 Å². The van der Waals surface area contributed by atoms with Crippen LogP contribution in [-0.2, 0) is 11.3 Å². The highest BCUT2D eigenvalue weighted by atomic mass is 32.1. The van der Waals surface area contributed by atoms with Gasteiger partial charge in [-0.15, -0.1) is 11.3 Å². The minimum atomic E-state index is -0.0841. The first-order valence-electron chi connectivity index (χ1n) is 8.65. The molecule has 1 aromatic heterocycles. The fraction of sp³-hybridized carbons (Fsp3) is 0.765. The van der Waals surface area contributed by atoms with E-state index >= 15 is 0 Å². The van der Waals surface area contributed by atoms with Gasteiger partial charge in [0.25, 0.3) is 0 Å². The van der Waals surface area contributed by atoms with Crippen molar-refractivity contribution in [2.24, 2.45) is 11.3 Å². The van der Waals surface area contributed by atoms with Crippen LogP contribution in [0.5, 0.6) is 0 Å². The molecule has 2 aliphatic heterocycles. The van der Waals surface area contributed by atoms with Crippen molar-refractivity contribution in [3.8, 4) is 0 Å². The average molecular weight is 319 g/mol. The van der Waals surface area contributed by atoms with E-state index in [2.05, 4.69) is 14.8 Å². The molecular formula is C17H25N3OS. The van der Waals surface area contributed by atoms with E-state index in [1.165, 1.54) is 30.7 Å². The lowest BCUT2D eigenvalue weighted by atomic mass is 9.77. The highest BCUT2D eigenvalue weighted by Crippen LogP contribution is 2.41. The summed E-state index contributed by atoms with van der Waals surface area (Å²) < 4.78 is 0. The molecule has 3 aliphatic rings. The van der Waals surface area contributed by atoms with Gasteiger partial charge in [-0.2, -0.15) is 0 Å². The Labute approximate surface area is 136 Å². The fourth-order valence-electron chi connectivity index (χ4n) is 4.31. The zero-order chi connectivity index (χ0) is 15.0. The summed E-state index contributed by atoms with van der Waals surface area (Å²) in [5, 5.41) is 3.21. The van der Waals surface area contributed by atoms with Crippen molar-refractivity contribution >= 4 is 17.2 Å². The molecule has 22 heavy (non-hydrogen) atoms. The van der Waals surface area contributed by atoms with Crippen molar-refractivity contribution in [2.45, 2.75) is 45.1 Å². The predicted molar refractivity (Wildman–Crippen MR) is 87.6 cm³/mol. The summed E-state index contributed by atoms with van der Waals surface area (Å²) in [5.41, 5.74) is -0.0841. The van der Waals surface area contributed by atoms with Crippen molar-refractivity contribution in [3.05, 3.63) is 16.6 Å². The van der Waals surface area contributed by atoms with Crippen molar-refractivity contribution in [1.82, 2.24) is 14.8 Å². The number of nitrogens with zero attached hydrogens (tertiary/aromatic N) is 3. The highest BCUT2D eigenvalue weighted by Gasteiger charge is 2.48. The van der Waals surface area contributed by atoms with Gasteiger partial charge in [0.1, 0.15) is 5.01 Å². The van der Waals surface area contributed by atoms with E-state index in [-0.39, 0.29) is 5.41 Å². The summed E-state index contributed by atoms with van der Waals surface area (Å²) in [6.07, 6.45) is 9.20. The molecule has 1 unspecified atom stereocenters. The second kappa shape index (κ2) is 5.93. The van der Waals surface area contributed by atoms with Crippen LogP contribution in [0.1, 0.15) is 43.5 Å². The van der Waals surface area contributed by atoms with Gasteiger partial charge in [0.2, 0.25) is 5.91 Å². The van der Waals surface area contributed by atoms with Crippen LogP contribution in [-0.4, -0.2) is 46.9 Å². The Morgan fingerprint density at radius 1 is 1.27 bits per heavy atom. The van der Waals surface area contributed by atoms with Crippen molar-refractivity contribution in [2.75, 3.05) is 26.2 Å². The van der Waals surface area contributed by atoms with E-state index in [0.717, 1.165) is 51.5 Å². The lowest BCUT2D eigenvalue weighted by Crippen LogP contribution is -2.51. The third kappa shape index (κ3) is 2.69. The summed E-state index contributed by atoms with van der Waals surface area (Å²) in [7, 11) is 0. The molecule has 1 amide bonds. The van der Waals surface area contributed by atoms with Crippen LogP contribution in [0.15, 0.2) is 11.6 Å². The maximum atomic E-state index is 13.1. The number of hydrogen-bond donors (Lipinski definition) is 0. The predicted octanol–water partition coefficient (Wildman–Crippen LogP) is 2.76. The third-order valence-electron chi connectivity index (χ3n) is 5.80. The van der Waals surface area contributed by atoms with Gasteiger partial charge in [-0.3, -0.25) is 9.69 Å². The summed E-state index contributed by atoms with van der Waals surface area (Å²) in [4.78, 5) is 22.1. The van der Waals surface area contributed by atoms with Gasteiger partial charge >= 0.3 is 0 Å². The highest BCUT2D eigenvalue weighted by molar-refractivity contribution is 7.09. The second-order valence-electron chi connectivity index (χ2n) is 7.32. The van der Waals surface area contributed by atoms with Crippen LogP contribution in [0.4, 0.5) is 0 Å². The van der Waals surface area contributed by atoms with Crippen LogP contribution in [0.25, 0.3) is 0 Å². The molecule has 1 spiro atoms. The van der Waals surface area contributed by atoms with Crippen LogP contribution >= 0.6 is 11.3 Å². The molecule has 120 valence electrons. The molecule has 1 aromatic rings. The van der Waals surface area contributed by atoms with Gasteiger partial charge < -0.3 is 4.90 Å². The van der Waals surface area contributed by atoms with Gasteiger partial charge in [0, 0.05) is 31.2 Å². The van der Waals surface area contributed by atoms with Gasteiger partial charge in [-0.25, -0.2) is 4.98 Å². The van der Waals surface area contributed by atoms with E-state index in [9.17, 15) is 4.79 Å². The molecule has 1 aliphatic carbocycles. The quantitative estimate of drug-likeness (QED) is 0.856. The Balaban J connectivity index is 1.40. The third-order valence-corrected chi connectivity index (χ3v) is 6.57. The van der Waals surface area contributed by atoms with Crippen LogP contribution in [0, 0.1) is 11.3 Å². The minimum Gasteiger partial charge on any atom is -0.342 e. The first kappa shape index (κ1) is 14.6. The molecular weight excluding hydrogens is 294 g/mol. The van der Waals surface area contributed by atoms with Gasteiger partial charge in [-0.1, -0.05) is 6.42 Å². The zero-order valence-electron chi connectivity index (χ0n) is 13.2. The maximum Gasteiger partial charge on any atom is 0.230 e. The Bertz CT molecular complexity index is 528. The van der Waals surface area contributed by atoms with Crippen molar-refractivity contribution < 1.29 is 4.79 Å². The van der Waals surface area contributed by atoms with Gasteiger partial charge in [0.15, 0.2) is 0 Å². The normalized spacial score (nSPS) is 30.2. The Hall–Kier alpha value is -0.940. The lowest BCUT2D eigenvalue weighted by Gasteiger charge is -2.42. The lowest BCUT2D eigenvalue weighted by molar-refractivity contribution is -0.146. The van der Waals surface area contributed by atoms with E-state index in [4.69, 9.17) is 0 Å². The summed E-state index contributed by atoms with van der Waals surface area (Å²) in [6.45, 7) is 4.90. The van der Waals surface area contributed by atoms with Crippen LogP contribution in [0.2, 0.25) is 0 Å². The Kier molecular flexibility index (Phi) is 3.95. The second-order valence-corrected chi connectivity index (χ2v) is 8.30. The first-order valence-corrected chi connectivity index (χ1v) is 9.53. The number of amides is 1. The number of likely N-dealkylation sites (tertiary alicyclic amines) is 2. The fourth-order valence-corrected chi connectivity index (χ4v) is 4.97. The largest absolute Gasteiger partial charge is 0.342 e. The molecule has 2 saturated heterocycles. The molecule has 1 atom stereocenters. The SMILES string of the molecule is O=C1N(CC2CCC2)CCCC12CCN(Cc1nccs1)C2. The monoisotopic (exact) mass is 319 g/mol. The average Bonchev–Trinajstić information content (AvgIpc) is 3.10. The number of hydrogen-bond acceptors (Lipinski definition) is 4. The summed E-state index contributed by atoms with van der Waals surface area (Å²) in [5.74, 6) is 1.24. The molecule has 3 heterocycles. The Morgan fingerprint density at radius 2 is 2.18 bits per heavy atom. The molecule has 0 radical (unpaired) electrons. The number of carbonyl (C=O) groups excluding carboxylic acids is 1. The molecule has 0 aromatic carbocycles. The molecule has 5 heteroatoms. The van der Waals surface area contributed by atoms with E-state index in [1.807, 2.05) is 11.6 Å². The number of piperidine rings is 1. The zero-order valence-corrected chi connectivity index (χ0v) is 14.0. The molecule has 4 rings (SSSR count).